The van der Waals surface area contributed by atoms with Crippen LogP contribution in [0.2, 0.25) is 0 Å². The molecular weight excluding hydrogens is 394 g/mol. The summed E-state index contributed by atoms with van der Waals surface area (Å²) in [6.45, 7) is 3.98. The normalized spacial score (nSPS) is 13.0. The van der Waals surface area contributed by atoms with Crippen molar-refractivity contribution in [3.05, 3.63) is 64.7 Å². The molecule has 0 bridgehead atoms. The van der Waals surface area contributed by atoms with Crippen molar-refractivity contribution in [1.29, 1.82) is 0 Å². The maximum absolute atomic E-state index is 12.6. The van der Waals surface area contributed by atoms with E-state index in [0.717, 1.165) is 0 Å². The first-order valence-electron chi connectivity index (χ1n) is 8.90. The maximum atomic E-state index is 12.6. The fraction of sp³-hybridized carbons (Fsp3) is 0.286. The Hall–Kier alpha value is -2.90. The zero-order valence-corrected chi connectivity index (χ0v) is 17.3. The van der Waals surface area contributed by atoms with E-state index in [4.69, 9.17) is 10.5 Å². The molecule has 3 N–H and O–H groups in total. The minimum absolute atomic E-state index is 0. The maximum Gasteiger partial charge on any atom is 0.261 e. The third-order valence-corrected chi connectivity index (χ3v) is 4.43. The molecule has 2 aromatic rings. The lowest BCUT2D eigenvalue weighted by Crippen LogP contribution is -2.45. The first-order valence-corrected chi connectivity index (χ1v) is 8.90. The van der Waals surface area contributed by atoms with Crippen molar-refractivity contribution >= 4 is 30.1 Å². The number of benzene rings is 2. The van der Waals surface area contributed by atoms with Gasteiger partial charge in [0.2, 0.25) is 0 Å². The summed E-state index contributed by atoms with van der Waals surface area (Å²) in [7, 11) is 1.48. The van der Waals surface area contributed by atoms with Gasteiger partial charge in [-0.2, -0.15) is 0 Å². The predicted octanol–water partition coefficient (Wildman–Crippen LogP) is 2.38. The third-order valence-electron chi connectivity index (χ3n) is 4.43. The first kappa shape index (κ1) is 22.4. The molecule has 0 unspecified atom stereocenters. The van der Waals surface area contributed by atoms with E-state index in [2.05, 4.69) is 5.32 Å². The van der Waals surface area contributed by atoms with E-state index in [1.54, 1.807) is 42.5 Å². The Morgan fingerprint density at radius 1 is 1.10 bits per heavy atom. The highest BCUT2D eigenvalue weighted by atomic mass is 35.5. The molecule has 8 heteroatoms. The lowest BCUT2D eigenvalue weighted by molar-refractivity contribution is 0.0642. The van der Waals surface area contributed by atoms with E-state index >= 15 is 0 Å². The molecule has 154 valence electrons. The minimum atomic E-state index is -0.555. The second-order valence-corrected chi connectivity index (χ2v) is 7.45. The molecule has 29 heavy (non-hydrogen) atoms. The van der Waals surface area contributed by atoms with E-state index in [-0.39, 0.29) is 43.2 Å². The van der Waals surface area contributed by atoms with Crippen LogP contribution in [0.25, 0.3) is 0 Å². The van der Waals surface area contributed by atoms with Gasteiger partial charge >= 0.3 is 0 Å². The van der Waals surface area contributed by atoms with Crippen LogP contribution in [0.1, 0.15) is 50.5 Å². The summed E-state index contributed by atoms with van der Waals surface area (Å²) in [6, 6.07) is 11.7. The quantitative estimate of drug-likeness (QED) is 0.702. The molecule has 0 saturated carbocycles. The number of hydrogen-bond acceptors (Lipinski definition) is 5. The van der Waals surface area contributed by atoms with Crippen molar-refractivity contribution in [2.75, 3.05) is 13.7 Å². The average Bonchev–Trinajstić information content (AvgIpc) is 2.90. The van der Waals surface area contributed by atoms with Crippen LogP contribution < -0.4 is 15.8 Å². The number of hydrogen-bond donors (Lipinski definition) is 2. The molecule has 1 heterocycles. The van der Waals surface area contributed by atoms with Gasteiger partial charge < -0.3 is 15.8 Å². The number of amides is 3. The Morgan fingerprint density at radius 2 is 1.69 bits per heavy atom. The molecular formula is C21H24ClN3O4. The first-order chi connectivity index (χ1) is 13.2. The Morgan fingerprint density at radius 3 is 2.21 bits per heavy atom. The van der Waals surface area contributed by atoms with Crippen molar-refractivity contribution in [2.45, 2.75) is 25.9 Å². The van der Waals surface area contributed by atoms with Gasteiger partial charge in [-0.1, -0.05) is 18.2 Å². The number of imide groups is 1. The molecule has 7 nitrogen and oxygen atoms in total. The van der Waals surface area contributed by atoms with Crippen LogP contribution in [0.5, 0.6) is 5.75 Å². The van der Waals surface area contributed by atoms with Gasteiger partial charge in [0, 0.05) is 12.1 Å². The molecule has 3 rings (SSSR count). The number of nitrogens with two attached hydrogens (primary N) is 1. The van der Waals surface area contributed by atoms with Crippen LogP contribution in [0, 0.1) is 0 Å². The number of nitrogens with one attached hydrogen (secondary N) is 1. The molecule has 0 saturated heterocycles. The SMILES string of the molecule is COc1ccc(CN2C(=O)c3ccccc3C2=O)cc1C(=O)NCC(C)(C)N.Cl. The van der Waals surface area contributed by atoms with Crippen LogP contribution >= 0.6 is 12.4 Å². The topological polar surface area (TPSA) is 102 Å². The number of nitrogens with zero attached hydrogens (tertiary/aromatic N) is 1. The predicted molar refractivity (Wildman–Crippen MR) is 111 cm³/mol. The lowest BCUT2D eigenvalue weighted by Gasteiger charge is -2.20. The Balaban J connectivity index is 0.00000300. The fourth-order valence-electron chi connectivity index (χ4n) is 3.00. The van der Waals surface area contributed by atoms with E-state index < -0.39 is 5.54 Å². The summed E-state index contributed by atoms with van der Waals surface area (Å²) in [5, 5.41) is 2.77. The average molecular weight is 418 g/mol. The second kappa shape index (κ2) is 8.63. The van der Waals surface area contributed by atoms with Gasteiger partial charge in [0.05, 0.1) is 30.3 Å². The zero-order valence-electron chi connectivity index (χ0n) is 16.5. The molecule has 0 aromatic heterocycles. The fourth-order valence-corrected chi connectivity index (χ4v) is 3.00. The second-order valence-electron chi connectivity index (χ2n) is 7.45. The Kier molecular flexibility index (Phi) is 6.66. The number of ether oxygens (including phenoxy) is 1. The van der Waals surface area contributed by atoms with E-state index in [1.807, 2.05) is 13.8 Å². The number of methoxy groups -OCH3 is 1. The van der Waals surface area contributed by atoms with Crippen LogP contribution in [0.3, 0.4) is 0 Å². The Bertz CT molecular complexity index is 918. The molecule has 0 atom stereocenters. The van der Waals surface area contributed by atoms with Crippen molar-refractivity contribution in [3.8, 4) is 5.75 Å². The summed E-state index contributed by atoms with van der Waals surface area (Å²) in [4.78, 5) is 38.9. The molecule has 0 radical (unpaired) electrons. The third kappa shape index (κ3) is 4.75. The number of carbonyl (C=O) groups excluding carboxylic acids is 3. The van der Waals surface area contributed by atoms with Crippen molar-refractivity contribution < 1.29 is 19.1 Å². The molecule has 3 amide bonds. The van der Waals surface area contributed by atoms with Crippen LogP contribution in [0.4, 0.5) is 0 Å². The molecule has 0 fully saturated rings. The van der Waals surface area contributed by atoms with Crippen molar-refractivity contribution in [2.24, 2.45) is 5.73 Å². The summed E-state index contributed by atoms with van der Waals surface area (Å²) in [5.74, 6) is -0.613. The standard InChI is InChI=1S/C21H23N3O4.ClH/c1-21(2,22)12-23-18(25)16-10-13(8-9-17(16)28-3)11-24-19(26)14-6-4-5-7-15(14)20(24)27;/h4-10H,11-12,22H2,1-3H3,(H,23,25);1H. The van der Waals surface area contributed by atoms with Gasteiger partial charge in [-0.15, -0.1) is 12.4 Å². The van der Waals surface area contributed by atoms with Crippen molar-refractivity contribution in [1.82, 2.24) is 10.2 Å². The van der Waals surface area contributed by atoms with Gasteiger partial charge in [0.25, 0.3) is 17.7 Å². The smallest absolute Gasteiger partial charge is 0.261 e. The monoisotopic (exact) mass is 417 g/mol. The highest BCUT2D eigenvalue weighted by molar-refractivity contribution is 6.21. The van der Waals surface area contributed by atoms with Gasteiger partial charge in [0.15, 0.2) is 0 Å². The Labute approximate surface area is 175 Å². The molecule has 1 aliphatic heterocycles. The summed E-state index contributed by atoms with van der Waals surface area (Å²) < 4.78 is 5.28. The van der Waals surface area contributed by atoms with Gasteiger partial charge in [-0.25, -0.2) is 0 Å². The number of halogens is 1. The van der Waals surface area contributed by atoms with Gasteiger partial charge in [-0.05, 0) is 43.7 Å². The number of rotatable bonds is 6. The molecule has 1 aliphatic rings. The number of fused-ring (bicyclic) bond motifs is 1. The summed E-state index contributed by atoms with van der Waals surface area (Å²) >= 11 is 0. The minimum Gasteiger partial charge on any atom is -0.496 e. The van der Waals surface area contributed by atoms with Crippen LogP contribution in [-0.2, 0) is 6.54 Å². The molecule has 0 spiro atoms. The highest BCUT2D eigenvalue weighted by Crippen LogP contribution is 2.26. The van der Waals surface area contributed by atoms with E-state index in [0.29, 0.717) is 28.0 Å². The largest absolute Gasteiger partial charge is 0.496 e. The van der Waals surface area contributed by atoms with E-state index in [1.165, 1.54) is 12.0 Å². The lowest BCUT2D eigenvalue weighted by atomic mass is 10.1. The van der Waals surface area contributed by atoms with Crippen LogP contribution in [0.15, 0.2) is 42.5 Å². The molecule has 0 aliphatic carbocycles. The number of carbonyl (C=O) groups is 3. The molecule has 2 aromatic carbocycles. The van der Waals surface area contributed by atoms with Crippen LogP contribution in [-0.4, -0.2) is 41.8 Å². The van der Waals surface area contributed by atoms with Gasteiger partial charge in [0.1, 0.15) is 5.75 Å². The zero-order chi connectivity index (χ0) is 20.5. The van der Waals surface area contributed by atoms with Crippen molar-refractivity contribution in [3.63, 3.8) is 0 Å². The summed E-state index contributed by atoms with van der Waals surface area (Å²) in [5.41, 5.74) is 7.11. The highest BCUT2D eigenvalue weighted by Gasteiger charge is 2.35. The van der Waals surface area contributed by atoms with Gasteiger partial charge in [-0.3, -0.25) is 19.3 Å². The van der Waals surface area contributed by atoms with E-state index in [9.17, 15) is 14.4 Å². The summed E-state index contributed by atoms with van der Waals surface area (Å²) in [6.07, 6.45) is 0.